The highest BCUT2D eigenvalue weighted by molar-refractivity contribution is 9.10. The predicted molar refractivity (Wildman–Crippen MR) is 128 cm³/mol. The summed E-state index contributed by atoms with van der Waals surface area (Å²) in [5.41, 5.74) is 1.58. The van der Waals surface area contributed by atoms with Gasteiger partial charge in [-0.05, 0) is 99.2 Å². The van der Waals surface area contributed by atoms with Crippen molar-refractivity contribution in [2.24, 2.45) is 45.8 Å². The molecule has 4 rings (SSSR count). The summed E-state index contributed by atoms with van der Waals surface area (Å²) in [6.07, 6.45) is 11.2. The van der Waals surface area contributed by atoms with E-state index in [1.807, 2.05) is 0 Å². The predicted octanol–water partition coefficient (Wildman–Crippen LogP) is 6.73. The lowest BCUT2D eigenvalue weighted by molar-refractivity contribution is -0.141. The maximum Gasteiger partial charge on any atom is 0.305 e. The average Bonchev–Trinajstić information content (AvgIpc) is 3.07. The second-order valence-corrected chi connectivity index (χ2v) is 13.2. The summed E-state index contributed by atoms with van der Waals surface area (Å²) in [5.74, 6) is 3.73. The quantitative estimate of drug-likeness (QED) is 0.248. The van der Waals surface area contributed by atoms with Crippen LogP contribution >= 0.6 is 15.9 Å². The van der Waals surface area contributed by atoms with Crippen molar-refractivity contribution in [3.05, 3.63) is 11.6 Å². The number of carbonyl (C=O) groups excluding carboxylic acids is 2. The molecule has 0 bridgehead atoms. The minimum atomic E-state index is -0.354. The van der Waals surface area contributed by atoms with Crippen LogP contribution in [0.25, 0.3) is 0 Å². The van der Waals surface area contributed by atoms with E-state index >= 15 is 0 Å². The number of fused-ring (bicyclic) bond motifs is 5. The largest absolute Gasteiger partial charge is 0.469 e. The molecule has 3 fully saturated rings. The fraction of sp³-hybridized carbons (Fsp3) is 0.852. The molecule has 4 aliphatic rings. The lowest BCUT2D eigenvalue weighted by Crippen LogP contribution is -2.56. The van der Waals surface area contributed by atoms with Gasteiger partial charge in [0.25, 0.3) is 0 Å². The zero-order chi connectivity index (χ0) is 22.8. The number of hydrogen-bond acceptors (Lipinski definition) is 3. The molecule has 0 aromatic carbocycles. The van der Waals surface area contributed by atoms with Gasteiger partial charge >= 0.3 is 5.97 Å². The summed E-state index contributed by atoms with van der Waals surface area (Å²) in [6.45, 7) is 11.7. The van der Waals surface area contributed by atoms with Gasteiger partial charge in [-0.15, -0.1) is 0 Å². The number of esters is 1. The molecule has 3 saturated carbocycles. The van der Waals surface area contributed by atoms with Crippen molar-refractivity contribution >= 4 is 27.7 Å². The number of hydrogen-bond donors (Lipinski definition) is 0. The molecule has 0 heterocycles. The number of halogens is 1. The van der Waals surface area contributed by atoms with Gasteiger partial charge in [-0.1, -0.05) is 48.4 Å². The first-order valence-electron chi connectivity index (χ1n) is 12.4. The van der Waals surface area contributed by atoms with Gasteiger partial charge < -0.3 is 4.74 Å². The zero-order valence-electron chi connectivity index (χ0n) is 20.3. The molecule has 31 heavy (non-hydrogen) atoms. The Kier molecular flexibility index (Phi) is 6.06. The SMILES string of the molecule is COC(=O)CC[C@@H](C)[C@H]1CC[C@H]2[C@@H]3CC=C4C(C)(C)C(=O)C(Br)C[C@]4(C)[C@H]3CC[C@]12C. The van der Waals surface area contributed by atoms with Gasteiger partial charge in [0.15, 0.2) is 5.78 Å². The van der Waals surface area contributed by atoms with Gasteiger partial charge in [0.05, 0.1) is 11.9 Å². The summed E-state index contributed by atoms with van der Waals surface area (Å²) in [5, 5.41) is 0. The molecule has 0 aliphatic heterocycles. The van der Waals surface area contributed by atoms with E-state index in [0.717, 1.165) is 31.1 Å². The van der Waals surface area contributed by atoms with E-state index < -0.39 is 0 Å². The monoisotopic (exact) mass is 492 g/mol. The van der Waals surface area contributed by atoms with Crippen LogP contribution < -0.4 is 0 Å². The standard InChI is InChI=1S/C27H41BrO3/c1-16(7-12-23(29)31-6)18-9-10-19-17-8-11-22-25(2,3)24(30)21(28)15-27(22,5)20(17)13-14-26(18,19)4/h11,16-21H,7-10,12-15H2,1-6H3/t16-,17+,18-,19+,20+,21?,26-,27-/m1/s1. The second kappa shape index (κ2) is 7.99. The van der Waals surface area contributed by atoms with Crippen molar-refractivity contribution < 1.29 is 14.3 Å². The van der Waals surface area contributed by atoms with Crippen LogP contribution in [-0.2, 0) is 14.3 Å². The number of Topliss-reactive ketones (excluding diaryl/α,β-unsaturated/α-hetero) is 1. The van der Waals surface area contributed by atoms with Crippen LogP contribution in [0.2, 0.25) is 0 Å². The fourth-order valence-electron chi connectivity index (χ4n) is 8.94. The van der Waals surface area contributed by atoms with Crippen LogP contribution in [0.15, 0.2) is 11.6 Å². The van der Waals surface area contributed by atoms with Crippen LogP contribution in [0.1, 0.15) is 86.0 Å². The molecule has 174 valence electrons. The first kappa shape index (κ1) is 23.5. The van der Waals surface area contributed by atoms with Gasteiger partial charge in [0, 0.05) is 11.8 Å². The maximum absolute atomic E-state index is 13.0. The van der Waals surface area contributed by atoms with E-state index in [-0.39, 0.29) is 21.6 Å². The molecule has 4 heteroatoms. The number of methoxy groups -OCH3 is 1. The van der Waals surface area contributed by atoms with E-state index in [1.54, 1.807) is 0 Å². The molecule has 1 unspecified atom stereocenters. The Morgan fingerprint density at radius 1 is 1.19 bits per heavy atom. The third-order valence-electron chi connectivity index (χ3n) is 10.4. The van der Waals surface area contributed by atoms with Crippen LogP contribution in [0.4, 0.5) is 0 Å². The zero-order valence-corrected chi connectivity index (χ0v) is 21.9. The third-order valence-corrected chi connectivity index (χ3v) is 11.2. The molecule has 0 amide bonds. The molecule has 0 spiro atoms. The van der Waals surface area contributed by atoms with Gasteiger partial charge in [0.1, 0.15) is 0 Å². The maximum atomic E-state index is 13.0. The van der Waals surface area contributed by atoms with Crippen molar-refractivity contribution in [1.29, 1.82) is 0 Å². The fourth-order valence-corrected chi connectivity index (χ4v) is 10.2. The Balaban J connectivity index is 1.58. The molecular formula is C27H41BrO3. The Morgan fingerprint density at radius 3 is 2.58 bits per heavy atom. The molecule has 0 saturated heterocycles. The number of alkyl halides is 1. The number of allylic oxidation sites excluding steroid dienone is 2. The van der Waals surface area contributed by atoms with E-state index in [4.69, 9.17) is 4.74 Å². The minimum Gasteiger partial charge on any atom is -0.469 e. The van der Waals surface area contributed by atoms with Crippen molar-refractivity contribution in [1.82, 2.24) is 0 Å². The normalized spacial score (nSPS) is 44.5. The third kappa shape index (κ3) is 3.49. The summed E-state index contributed by atoms with van der Waals surface area (Å²) >= 11 is 3.76. The minimum absolute atomic E-state index is 0.0219. The molecule has 0 N–H and O–H groups in total. The molecule has 4 aliphatic carbocycles. The van der Waals surface area contributed by atoms with Crippen molar-refractivity contribution in [2.75, 3.05) is 7.11 Å². The van der Waals surface area contributed by atoms with Crippen LogP contribution in [-0.4, -0.2) is 23.7 Å². The topological polar surface area (TPSA) is 43.4 Å². The number of rotatable bonds is 4. The molecule has 0 aromatic rings. The summed E-state index contributed by atoms with van der Waals surface area (Å²) in [7, 11) is 1.49. The van der Waals surface area contributed by atoms with E-state index in [1.165, 1.54) is 38.4 Å². The summed E-state index contributed by atoms with van der Waals surface area (Å²) in [6, 6.07) is 0. The summed E-state index contributed by atoms with van der Waals surface area (Å²) < 4.78 is 4.89. The molecule has 0 aromatic heterocycles. The smallest absolute Gasteiger partial charge is 0.305 e. The number of ether oxygens (including phenoxy) is 1. The van der Waals surface area contributed by atoms with Crippen LogP contribution in [0.5, 0.6) is 0 Å². The van der Waals surface area contributed by atoms with E-state index in [9.17, 15) is 9.59 Å². The molecule has 8 atom stereocenters. The lowest BCUT2D eigenvalue weighted by atomic mass is 9.44. The first-order chi connectivity index (χ1) is 14.5. The number of carbonyl (C=O) groups is 2. The summed E-state index contributed by atoms with van der Waals surface area (Å²) in [4.78, 5) is 24.6. The molecular weight excluding hydrogens is 452 g/mol. The van der Waals surface area contributed by atoms with Gasteiger partial charge in [-0.3, -0.25) is 9.59 Å². The Hall–Kier alpha value is -0.640. The van der Waals surface area contributed by atoms with Crippen LogP contribution in [0, 0.1) is 45.8 Å². The van der Waals surface area contributed by atoms with Gasteiger partial charge in [-0.2, -0.15) is 0 Å². The van der Waals surface area contributed by atoms with E-state index in [2.05, 4.69) is 56.6 Å². The van der Waals surface area contributed by atoms with Gasteiger partial charge in [-0.25, -0.2) is 0 Å². The van der Waals surface area contributed by atoms with E-state index in [0.29, 0.717) is 35.4 Å². The number of ketones is 1. The average molecular weight is 494 g/mol. The first-order valence-corrected chi connectivity index (χ1v) is 13.3. The lowest BCUT2D eigenvalue weighted by Gasteiger charge is -2.60. The van der Waals surface area contributed by atoms with Crippen molar-refractivity contribution in [3.8, 4) is 0 Å². The molecule has 3 nitrogen and oxygen atoms in total. The molecule has 0 radical (unpaired) electrons. The highest BCUT2D eigenvalue weighted by Crippen LogP contribution is 2.68. The van der Waals surface area contributed by atoms with Crippen molar-refractivity contribution in [2.45, 2.75) is 90.8 Å². The highest BCUT2D eigenvalue weighted by atomic mass is 79.9. The highest BCUT2D eigenvalue weighted by Gasteiger charge is 2.62. The Labute approximate surface area is 197 Å². The van der Waals surface area contributed by atoms with Crippen molar-refractivity contribution in [3.63, 3.8) is 0 Å². The Bertz CT molecular complexity index is 785. The Morgan fingerprint density at radius 2 is 1.90 bits per heavy atom. The second-order valence-electron chi connectivity index (χ2n) is 12.1. The van der Waals surface area contributed by atoms with Gasteiger partial charge in [0.2, 0.25) is 0 Å². The van der Waals surface area contributed by atoms with Crippen LogP contribution in [0.3, 0.4) is 0 Å².